The Bertz CT molecular complexity index is 413. The van der Waals surface area contributed by atoms with Gasteiger partial charge in [-0.2, -0.15) is 0 Å². The van der Waals surface area contributed by atoms with Gasteiger partial charge < -0.3 is 10.0 Å². The van der Waals surface area contributed by atoms with E-state index in [0.717, 1.165) is 11.3 Å². The zero-order valence-electron chi connectivity index (χ0n) is 11.7. The van der Waals surface area contributed by atoms with Crippen LogP contribution in [0.5, 0.6) is 0 Å². The number of aliphatic hydroxyl groups is 1. The molecule has 0 bridgehead atoms. The van der Waals surface area contributed by atoms with Crippen LogP contribution in [-0.2, 0) is 4.79 Å². The minimum absolute atomic E-state index is 0.0491. The average molecular weight is 249 g/mol. The summed E-state index contributed by atoms with van der Waals surface area (Å²) >= 11 is 0. The Hall–Kier alpha value is -1.35. The highest BCUT2D eigenvalue weighted by Gasteiger charge is 2.13. The fraction of sp³-hybridized carbons (Fsp3) is 0.533. The molecular formula is C15H23NO2. The van der Waals surface area contributed by atoms with Gasteiger partial charge in [-0.3, -0.25) is 4.79 Å². The number of hydrogen-bond acceptors (Lipinski definition) is 2. The number of nitrogens with zero attached hydrogens (tertiary/aromatic N) is 1. The summed E-state index contributed by atoms with van der Waals surface area (Å²) in [6.07, 6.45) is 0.907. The number of anilines is 1. The molecule has 3 nitrogen and oxygen atoms in total. The first-order valence-electron chi connectivity index (χ1n) is 6.45. The van der Waals surface area contributed by atoms with Crippen molar-refractivity contribution in [3.8, 4) is 0 Å². The van der Waals surface area contributed by atoms with Crippen LogP contribution in [0.1, 0.15) is 43.7 Å². The van der Waals surface area contributed by atoms with Gasteiger partial charge in [0.2, 0.25) is 5.91 Å². The summed E-state index contributed by atoms with van der Waals surface area (Å²) in [7, 11) is 1.80. The number of benzene rings is 1. The molecule has 100 valence electrons. The fourth-order valence-electron chi connectivity index (χ4n) is 1.88. The number of rotatable bonds is 5. The van der Waals surface area contributed by atoms with Crippen LogP contribution in [0.4, 0.5) is 5.69 Å². The first kappa shape index (κ1) is 14.7. The molecule has 0 aliphatic rings. The summed E-state index contributed by atoms with van der Waals surface area (Å²) in [5, 5.41) is 8.77. The number of hydrogen-bond donors (Lipinski definition) is 1. The van der Waals surface area contributed by atoms with Crippen LogP contribution in [0.15, 0.2) is 18.2 Å². The van der Waals surface area contributed by atoms with E-state index < -0.39 is 0 Å². The molecule has 1 N–H and O–H groups in total. The topological polar surface area (TPSA) is 40.5 Å². The molecule has 0 fully saturated rings. The van der Waals surface area contributed by atoms with E-state index in [9.17, 15) is 4.79 Å². The quantitative estimate of drug-likeness (QED) is 0.871. The molecule has 0 atom stereocenters. The Morgan fingerprint density at radius 2 is 2.06 bits per heavy atom. The third kappa shape index (κ3) is 3.57. The van der Waals surface area contributed by atoms with Gasteiger partial charge in [-0.1, -0.05) is 26.0 Å². The minimum atomic E-state index is 0.0491. The zero-order chi connectivity index (χ0) is 13.7. The highest BCUT2D eigenvalue weighted by atomic mass is 16.3. The normalized spacial score (nSPS) is 10.8. The molecule has 0 aliphatic heterocycles. The van der Waals surface area contributed by atoms with Crippen molar-refractivity contribution in [2.75, 3.05) is 18.6 Å². The zero-order valence-corrected chi connectivity index (χ0v) is 11.7. The standard InChI is InChI=1S/C15H23NO2/c1-11(2)13-8-7-12(3)14(10-13)16(4)15(18)6-5-9-17/h7-8,10-11,17H,5-6,9H2,1-4H3. The predicted octanol–water partition coefficient (Wildman–Crippen LogP) is 2.85. The average Bonchev–Trinajstić information content (AvgIpc) is 2.35. The summed E-state index contributed by atoms with van der Waals surface area (Å²) in [5.74, 6) is 0.498. The molecule has 0 aliphatic carbocycles. The van der Waals surface area contributed by atoms with Gasteiger partial charge >= 0.3 is 0 Å². The Morgan fingerprint density at radius 3 is 2.61 bits per heavy atom. The summed E-state index contributed by atoms with van der Waals surface area (Å²) in [6.45, 7) is 6.35. The van der Waals surface area contributed by atoms with Crippen molar-refractivity contribution in [1.82, 2.24) is 0 Å². The van der Waals surface area contributed by atoms with Crippen LogP contribution >= 0.6 is 0 Å². The van der Waals surface area contributed by atoms with E-state index >= 15 is 0 Å². The Balaban J connectivity index is 2.93. The number of amides is 1. The van der Waals surface area contributed by atoms with Crippen molar-refractivity contribution in [2.24, 2.45) is 0 Å². The summed E-state index contributed by atoms with van der Waals surface area (Å²) in [4.78, 5) is 13.6. The molecule has 1 amide bonds. The lowest BCUT2D eigenvalue weighted by Crippen LogP contribution is -2.27. The minimum Gasteiger partial charge on any atom is -0.396 e. The molecule has 0 saturated carbocycles. The maximum absolute atomic E-state index is 12.0. The first-order chi connectivity index (χ1) is 8.47. The van der Waals surface area contributed by atoms with Gasteiger partial charge in [0.1, 0.15) is 0 Å². The number of aryl methyl sites for hydroxylation is 1. The van der Waals surface area contributed by atoms with E-state index in [1.807, 2.05) is 6.92 Å². The van der Waals surface area contributed by atoms with Crippen molar-refractivity contribution < 1.29 is 9.90 Å². The maximum atomic E-state index is 12.0. The lowest BCUT2D eigenvalue weighted by molar-refractivity contribution is -0.118. The monoisotopic (exact) mass is 249 g/mol. The molecule has 3 heteroatoms. The van der Waals surface area contributed by atoms with Gasteiger partial charge in [-0.15, -0.1) is 0 Å². The van der Waals surface area contributed by atoms with Crippen LogP contribution in [0.25, 0.3) is 0 Å². The number of carbonyl (C=O) groups excluding carboxylic acids is 1. The van der Waals surface area contributed by atoms with Crippen molar-refractivity contribution in [3.63, 3.8) is 0 Å². The Morgan fingerprint density at radius 1 is 1.39 bits per heavy atom. The van der Waals surface area contributed by atoms with E-state index in [4.69, 9.17) is 5.11 Å². The molecule has 1 aromatic carbocycles. The second-order valence-corrected chi connectivity index (χ2v) is 4.98. The smallest absolute Gasteiger partial charge is 0.226 e. The molecule has 0 unspecified atom stereocenters. The van der Waals surface area contributed by atoms with Crippen LogP contribution in [0, 0.1) is 6.92 Å². The SMILES string of the molecule is Cc1ccc(C(C)C)cc1N(C)C(=O)CCCO. The molecule has 0 spiro atoms. The van der Waals surface area contributed by atoms with Crippen molar-refractivity contribution in [2.45, 2.75) is 39.5 Å². The summed E-state index contributed by atoms with van der Waals surface area (Å²) in [6, 6.07) is 6.24. The van der Waals surface area contributed by atoms with Crippen LogP contribution in [0.3, 0.4) is 0 Å². The predicted molar refractivity (Wildman–Crippen MR) is 75.0 cm³/mol. The molecule has 0 saturated heterocycles. The highest BCUT2D eigenvalue weighted by Crippen LogP contribution is 2.25. The maximum Gasteiger partial charge on any atom is 0.226 e. The molecule has 0 aromatic heterocycles. The Labute approximate surface area is 109 Å². The van der Waals surface area contributed by atoms with Gasteiger partial charge in [0.15, 0.2) is 0 Å². The number of carbonyl (C=O) groups is 1. The molecule has 18 heavy (non-hydrogen) atoms. The van der Waals surface area contributed by atoms with E-state index in [2.05, 4.69) is 32.0 Å². The Kier molecular flexibility index (Phi) is 5.35. The summed E-state index contributed by atoms with van der Waals surface area (Å²) < 4.78 is 0. The third-order valence-electron chi connectivity index (χ3n) is 3.18. The number of aliphatic hydroxyl groups excluding tert-OH is 1. The largest absolute Gasteiger partial charge is 0.396 e. The first-order valence-corrected chi connectivity index (χ1v) is 6.45. The lowest BCUT2D eigenvalue weighted by Gasteiger charge is -2.21. The van der Waals surface area contributed by atoms with Gasteiger partial charge in [-0.05, 0) is 36.5 Å². The molecule has 0 heterocycles. The van der Waals surface area contributed by atoms with Crippen molar-refractivity contribution in [1.29, 1.82) is 0 Å². The molecular weight excluding hydrogens is 226 g/mol. The highest BCUT2D eigenvalue weighted by molar-refractivity contribution is 5.93. The van der Waals surface area contributed by atoms with E-state index in [0.29, 0.717) is 18.8 Å². The van der Waals surface area contributed by atoms with Crippen LogP contribution in [0.2, 0.25) is 0 Å². The van der Waals surface area contributed by atoms with Crippen molar-refractivity contribution in [3.05, 3.63) is 29.3 Å². The van der Waals surface area contributed by atoms with E-state index in [1.54, 1.807) is 11.9 Å². The van der Waals surface area contributed by atoms with Gasteiger partial charge in [-0.25, -0.2) is 0 Å². The molecule has 1 rings (SSSR count). The fourth-order valence-corrected chi connectivity index (χ4v) is 1.88. The molecule has 1 aromatic rings. The van der Waals surface area contributed by atoms with Crippen LogP contribution in [-0.4, -0.2) is 24.7 Å². The van der Waals surface area contributed by atoms with Gasteiger partial charge in [0.05, 0.1) is 0 Å². The van der Waals surface area contributed by atoms with Crippen molar-refractivity contribution >= 4 is 11.6 Å². The van der Waals surface area contributed by atoms with Gasteiger partial charge in [0.25, 0.3) is 0 Å². The van der Waals surface area contributed by atoms with E-state index in [1.165, 1.54) is 5.56 Å². The van der Waals surface area contributed by atoms with E-state index in [-0.39, 0.29) is 12.5 Å². The lowest BCUT2D eigenvalue weighted by atomic mass is 10.00. The van der Waals surface area contributed by atoms with Crippen LogP contribution < -0.4 is 4.90 Å². The third-order valence-corrected chi connectivity index (χ3v) is 3.18. The molecule has 0 radical (unpaired) electrons. The second kappa shape index (κ2) is 6.55. The second-order valence-electron chi connectivity index (χ2n) is 4.98. The van der Waals surface area contributed by atoms with Gasteiger partial charge in [0, 0.05) is 25.8 Å². The summed E-state index contributed by atoms with van der Waals surface area (Å²) in [5.41, 5.74) is 3.29.